The van der Waals surface area contributed by atoms with Crippen LogP contribution in [0, 0.1) is 0 Å². The van der Waals surface area contributed by atoms with E-state index in [1.54, 1.807) is 0 Å². The molecule has 1 aromatic carbocycles. The first kappa shape index (κ1) is 14.9. The molecule has 0 bridgehead atoms. The van der Waals surface area contributed by atoms with Crippen LogP contribution in [-0.2, 0) is 9.53 Å². The number of nitrogens with zero attached hydrogens (tertiary/aromatic N) is 1. The standard InChI is InChI=1S/C12H18BrN3O2/c1-16(2)11-5-4-8(13)6-10(11)15-12(17)9(14)7-18-3/h4-6,9H,7,14H2,1-3H3,(H,15,17). The lowest BCUT2D eigenvalue weighted by Gasteiger charge is -2.19. The van der Waals surface area contributed by atoms with Gasteiger partial charge in [0.05, 0.1) is 18.0 Å². The predicted octanol–water partition coefficient (Wildman–Crippen LogP) is 1.43. The van der Waals surface area contributed by atoms with Gasteiger partial charge in [0.15, 0.2) is 0 Å². The lowest BCUT2D eigenvalue weighted by Crippen LogP contribution is -2.39. The Morgan fingerprint density at radius 1 is 1.56 bits per heavy atom. The van der Waals surface area contributed by atoms with Crippen LogP contribution in [-0.4, -0.2) is 39.8 Å². The number of halogens is 1. The van der Waals surface area contributed by atoms with Crippen LogP contribution in [0.4, 0.5) is 11.4 Å². The van der Waals surface area contributed by atoms with Crippen molar-refractivity contribution in [2.24, 2.45) is 5.73 Å². The molecule has 5 nitrogen and oxygen atoms in total. The van der Waals surface area contributed by atoms with Gasteiger partial charge in [0.25, 0.3) is 0 Å². The molecule has 0 saturated heterocycles. The highest BCUT2D eigenvalue weighted by Gasteiger charge is 2.15. The van der Waals surface area contributed by atoms with Crippen molar-refractivity contribution in [2.45, 2.75) is 6.04 Å². The maximum absolute atomic E-state index is 11.8. The SMILES string of the molecule is COCC(N)C(=O)Nc1cc(Br)ccc1N(C)C. The van der Waals surface area contributed by atoms with Crippen molar-refractivity contribution in [3.05, 3.63) is 22.7 Å². The van der Waals surface area contributed by atoms with Crippen LogP contribution in [0.15, 0.2) is 22.7 Å². The van der Waals surface area contributed by atoms with Crippen LogP contribution in [0.2, 0.25) is 0 Å². The summed E-state index contributed by atoms with van der Waals surface area (Å²) in [6.07, 6.45) is 0. The van der Waals surface area contributed by atoms with Crippen LogP contribution < -0.4 is 16.0 Å². The van der Waals surface area contributed by atoms with Gasteiger partial charge < -0.3 is 20.7 Å². The summed E-state index contributed by atoms with van der Waals surface area (Å²) in [6, 6.07) is 5.00. The normalized spacial score (nSPS) is 12.1. The van der Waals surface area contributed by atoms with Gasteiger partial charge in [0, 0.05) is 25.7 Å². The number of hydrogen-bond donors (Lipinski definition) is 2. The number of benzene rings is 1. The maximum atomic E-state index is 11.8. The molecule has 6 heteroatoms. The quantitative estimate of drug-likeness (QED) is 0.862. The first-order valence-electron chi connectivity index (χ1n) is 5.48. The molecule has 0 radical (unpaired) electrons. The van der Waals surface area contributed by atoms with Crippen molar-refractivity contribution in [1.82, 2.24) is 0 Å². The van der Waals surface area contributed by atoms with E-state index in [1.165, 1.54) is 7.11 Å². The highest BCUT2D eigenvalue weighted by atomic mass is 79.9. The van der Waals surface area contributed by atoms with Gasteiger partial charge >= 0.3 is 0 Å². The van der Waals surface area contributed by atoms with E-state index >= 15 is 0 Å². The number of anilines is 2. The molecule has 0 saturated carbocycles. The Labute approximate surface area is 115 Å². The van der Waals surface area contributed by atoms with Gasteiger partial charge in [-0.3, -0.25) is 4.79 Å². The first-order chi connectivity index (χ1) is 8.45. The molecule has 1 unspecified atom stereocenters. The fourth-order valence-electron chi connectivity index (χ4n) is 1.48. The molecule has 1 aromatic rings. The summed E-state index contributed by atoms with van der Waals surface area (Å²) in [5.74, 6) is -0.266. The third kappa shape index (κ3) is 3.97. The summed E-state index contributed by atoms with van der Waals surface area (Å²) in [5.41, 5.74) is 7.30. The highest BCUT2D eigenvalue weighted by molar-refractivity contribution is 9.10. The van der Waals surface area contributed by atoms with Crippen LogP contribution in [0.25, 0.3) is 0 Å². The third-order valence-corrected chi connectivity index (χ3v) is 2.87. The molecule has 0 aliphatic heterocycles. The van der Waals surface area contributed by atoms with E-state index < -0.39 is 6.04 Å². The van der Waals surface area contributed by atoms with Crippen LogP contribution in [0.5, 0.6) is 0 Å². The number of amides is 1. The average Bonchev–Trinajstić information content (AvgIpc) is 2.28. The summed E-state index contributed by atoms with van der Waals surface area (Å²) >= 11 is 3.38. The smallest absolute Gasteiger partial charge is 0.243 e. The number of carbonyl (C=O) groups excluding carboxylic acids is 1. The van der Waals surface area contributed by atoms with Crippen LogP contribution in [0.1, 0.15) is 0 Å². The molecule has 1 rings (SSSR count). The van der Waals surface area contributed by atoms with Gasteiger partial charge in [-0.1, -0.05) is 15.9 Å². The lowest BCUT2D eigenvalue weighted by molar-refractivity contribution is -0.118. The summed E-state index contributed by atoms with van der Waals surface area (Å²) in [6.45, 7) is 0.192. The molecule has 18 heavy (non-hydrogen) atoms. The van der Waals surface area contributed by atoms with Crippen molar-refractivity contribution < 1.29 is 9.53 Å². The summed E-state index contributed by atoms with van der Waals surface area (Å²) < 4.78 is 5.75. The Bertz CT molecular complexity index is 424. The number of carbonyl (C=O) groups is 1. The fraction of sp³-hybridized carbons (Fsp3) is 0.417. The van der Waals surface area contributed by atoms with Crippen LogP contribution in [0.3, 0.4) is 0 Å². The number of nitrogens with two attached hydrogens (primary N) is 1. The van der Waals surface area contributed by atoms with Gasteiger partial charge in [-0.2, -0.15) is 0 Å². The monoisotopic (exact) mass is 315 g/mol. The third-order valence-electron chi connectivity index (χ3n) is 2.38. The Morgan fingerprint density at radius 3 is 2.78 bits per heavy atom. The minimum atomic E-state index is -0.677. The van der Waals surface area contributed by atoms with Gasteiger partial charge in [-0.15, -0.1) is 0 Å². The maximum Gasteiger partial charge on any atom is 0.243 e. The number of methoxy groups -OCH3 is 1. The van der Waals surface area contributed by atoms with Crippen LogP contribution >= 0.6 is 15.9 Å². The molecular weight excluding hydrogens is 298 g/mol. The molecule has 3 N–H and O–H groups in total. The Morgan fingerprint density at radius 2 is 2.22 bits per heavy atom. The van der Waals surface area contributed by atoms with E-state index in [4.69, 9.17) is 10.5 Å². The number of rotatable bonds is 5. The second kappa shape index (κ2) is 6.72. The Hall–Kier alpha value is -1.11. The predicted molar refractivity (Wildman–Crippen MR) is 77.0 cm³/mol. The van der Waals surface area contributed by atoms with Crippen molar-refractivity contribution in [1.29, 1.82) is 0 Å². The summed E-state index contributed by atoms with van der Waals surface area (Å²) in [4.78, 5) is 13.8. The number of hydrogen-bond acceptors (Lipinski definition) is 4. The van der Waals surface area contributed by atoms with Gasteiger partial charge in [0.1, 0.15) is 6.04 Å². The molecule has 0 fully saturated rings. The van der Waals surface area contributed by atoms with E-state index in [-0.39, 0.29) is 12.5 Å². The minimum absolute atomic E-state index is 0.192. The number of nitrogens with one attached hydrogen (secondary N) is 1. The lowest BCUT2D eigenvalue weighted by atomic mass is 10.2. The van der Waals surface area contributed by atoms with Gasteiger partial charge in [-0.05, 0) is 18.2 Å². The Kier molecular flexibility index (Phi) is 5.58. The molecule has 0 aliphatic carbocycles. The van der Waals surface area contributed by atoms with E-state index in [2.05, 4.69) is 21.2 Å². The molecule has 0 aromatic heterocycles. The van der Waals surface area contributed by atoms with E-state index in [0.29, 0.717) is 5.69 Å². The van der Waals surface area contributed by atoms with E-state index in [9.17, 15) is 4.79 Å². The summed E-state index contributed by atoms with van der Waals surface area (Å²) in [5, 5.41) is 2.80. The molecule has 1 atom stereocenters. The highest BCUT2D eigenvalue weighted by Crippen LogP contribution is 2.28. The van der Waals surface area contributed by atoms with Gasteiger partial charge in [-0.25, -0.2) is 0 Å². The second-order valence-electron chi connectivity index (χ2n) is 4.11. The summed E-state index contributed by atoms with van der Waals surface area (Å²) in [7, 11) is 5.33. The van der Waals surface area contributed by atoms with Crippen molar-refractivity contribution in [3.63, 3.8) is 0 Å². The second-order valence-corrected chi connectivity index (χ2v) is 5.02. The first-order valence-corrected chi connectivity index (χ1v) is 6.27. The fourth-order valence-corrected chi connectivity index (χ4v) is 1.84. The van der Waals surface area contributed by atoms with Crippen molar-refractivity contribution in [3.8, 4) is 0 Å². The minimum Gasteiger partial charge on any atom is -0.383 e. The molecule has 0 spiro atoms. The molecular formula is C12H18BrN3O2. The molecule has 1 amide bonds. The molecule has 100 valence electrons. The molecule has 0 heterocycles. The zero-order valence-electron chi connectivity index (χ0n) is 10.7. The van der Waals surface area contributed by atoms with E-state index in [0.717, 1.165) is 10.2 Å². The van der Waals surface area contributed by atoms with Gasteiger partial charge in [0.2, 0.25) is 5.91 Å². The number of ether oxygens (including phenoxy) is 1. The molecule has 0 aliphatic rings. The van der Waals surface area contributed by atoms with E-state index in [1.807, 2.05) is 37.2 Å². The largest absolute Gasteiger partial charge is 0.383 e. The van der Waals surface area contributed by atoms with Crippen molar-refractivity contribution >= 4 is 33.2 Å². The topological polar surface area (TPSA) is 67.6 Å². The zero-order chi connectivity index (χ0) is 13.7. The Balaban J connectivity index is 2.89. The van der Waals surface area contributed by atoms with Crippen molar-refractivity contribution in [2.75, 3.05) is 38.0 Å². The average molecular weight is 316 g/mol. The zero-order valence-corrected chi connectivity index (χ0v) is 12.3.